The minimum absolute atomic E-state index is 0.160. The Morgan fingerprint density at radius 1 is 0.426 bits per heavy atom. The van der Waals surface area contributed by atoms with Gasteiger partial charge in [0.15, 0.2) is 9.84 Å². The zero-order valence-corrected chi connectivity index (χ0v) is 48.3. The van der Waals surface area contributed by atoms with Gasteiger partial charge in [-0.2, -0.15) is 0 Å². The van der Waals surface area contributed by atoms with Gasteiger partial charge >= 0.3 is 25.7 Å². The first kappa shape index (κ1) is 47.2. The zero-order chi connectivity index (χ0) is 37.5. The molecule has 3 fully saturated rings. The Labute approximate surface area is 308 Å². The molecule has 282 valence electrons. The molecule has 0 unspecified atom stereocenters. The Morgan fingerprint density at radius 2 is 0.681 bits per heavy atom. The number of nitrogens with zero attached hydrogens (tertiary/aromatic N) is 5. The van der Waals surface area contributed by atoms with Crippen molar-refractivity contribution in [2.75, 3.05) is 34.4 Å². The largest absolute Gasteiger partial charge is 0.425 e. The summed E-state index contributed by atoms with van der Waals surface area (Å²) in [6.07, 6.45) is 1.21. The first-order chi connectivity index (χ1) is 20.5. The van der Waals surface area contributed by atoms with Crippen LogP contribution in [0, 0.1) is 0 Å². The number of hydrogen-bond acceptors (Lipinski definition) is 11. The van der Waals surface area contributed by atoms with Crippen LogP contribution in [0.3, 0.4) is 0 Å². The molecule has 0 aliphatic carbocycles. The van der Waals surface area contributed by atoms with Gasteiger partial charge in [0, 0.05) is 6.17 Å². The van der Waals surface area contributed by atoms with Crippen molar-refractivity contribution in [3.63, 3.8) is 0 Å². The SMILES string of the molecule is CN(C)C[SiH2]N1[Si](C)(C)O[Si](C)(C)O[Si]1(C)C.CN(C)[SiH2]N1[Si](C)(C)O[Si](C)(C)O[Si]1(C)C.C[SiH2]N1[Si](C)(C)O[Si](C)(C)O[Si]1(C)C. The smallest absolute Gasteiger partial charge is 0.312 e. The number of rotatable bonds is 6. The molecule has 0 saturated carbocycles. The lowest BCUT2D eigenvalue weighted by molar-refractivity contribution is 0.320. The molecular formula is C24H77N5O6Si12. The van der Waals surface area contributed by atoms with Crippen LogP contribution in [-0.2, 0) is 24.7 Å². The predicted molar refractivity (Wildman–Crippen MR) is 233 cm³/mol. The van der Waals surface area contributed by atoms with E-state index >= 15 is 0 Å². The Hall–Kier alpha value is 2.16. The topological polar surface area (TPSA) is 71.6 Å². The quantitative estimate of drug-likeness (QED) is 0.369. The molecule has 3 rings (SSSR count). The predicted octanol–water partition coefficient (Wildman–Crippen LogP) is 3.62. The Bertz CT molecular complexity index is 977. The second-order valence-electron chi connectivity index (χ2n) is 17.8. The van der Waals surface area contributed by atoms with Gasteiger partial charge in [0.1, 0.15) is 0 Å². The summed E-state index contributed by atoms with van der Waals surface area (Å²) in [7, 11) is -7.73. The van der Waals surface area contributed by atoms with E-state index in [2.05, 4.69) is 174 Å². The van der Waals surface area contributed by atoms with Crippen molar-refractivity contribution < 1.29 is 24.7 Å². The van der Waals surface area contributed by atoms with Gasteiger partial charge in [-0.3, -0.25) is 0 Å². The lowest BCUT2D eigenvalue weighted by Crippen LogP contribution is -2.76. The van der Waals surface area contributed by atoms with Crippen molar-refractivity contribution in [1.29, 1.82) is 0 Å². The fourth-order valence-electron chi connectivity index (χ4n) is 8.17. The molecule has 3 aliphatic heterocycles. The monoisotopic (exact) mass is 867 g/mol. The summed E-state index contributed by atoms with van der Waals surface area (Å²) in [4.78, 5) is 2.29. The molecule has 0 aromatic carbocycles. The normalized spacial score (nSPS) is 29.3. The van der Waals surface area contributed by atoms with Crippen LogP contribution in [0.5, 0.6) is 0 Å². The molecule has 0 atom stereocenters. The van der Waals surface area contributed by atoms with E-state index < -0.39 is 86.4 Å². The summed E-state index contributed by atoms with van der Waals surface area (Å²) in [5.41, 5.74) is 0. The highest BCUT2D eigenvalue weighted by Gasteiger charge is 2.56. The van der Waals surface area contributed by atoms with Crippen molar-refractivity contribution in [2.24, 2.45) is 0 Å². The van der Waals surface area contributed by atoms with Gasteiger partial charge < -0.3 is 45.8 Å². The third-order valence-corrected chi connectivity index (χ3v) is 70.5. The molecular weight excluding hydrogens is 791 g/mol. The van der Waals surface area contributed by atoms with Gasteiger partial charge in [0.25, 0.3) is 0 Å². The fraction of sp³-hybridized carbons (Fsp3) is 1.00. The third kappa shape index (κ3) is 14.2. The molecule has 0 aromatic heterocycles. The summed E-state index contributed by atoms with van der Waals surface area (Å²) in [6, 6.07) is 0. The molecule has 0 amide bonds. The maximum atomic E-state index is 6.37. The summed E-state index contributed by atoms with van der Waals surface area (Å²) in [6.45, 7) is 43.5. The third-order valence-electron chi connectivity index (χ3n) is 8.38. The molecule has 3 heterocycles. The van der Waals surface area contributed by atoms with Gasteiger partial charge in [-0.05, 0) is 146 Å². The van der Waals surface area contributed by atoms with Crippen LogP contribution >= 0.6 is 0 Å². The van der Waals surface area contributed by atoms with Gasteiger partial charge in [-0.1, -0.05) is 6.55 Å². The number of hydrogen-bond donors (Lipinski definition) is 0. The van der Waals surface area contributed by atoms with Gasteiger partial charge in [-0.15, -0.1) is 0 Å². The summed E-state index contributed by atoms with van der Waals surface area (Å²) >= 11 is 0. The molecule has 0 spiro atoms. The van der Waals surface area contributed by atoms with E-state index in [1.54, 1.807) is 0 Å². The zero-order valence-electron chi connectivity index (χ0n) is 35.0. The van der Waals surface area contributed by atoms with Gasteiger partial charge in [-0.25, -0.2) is 0 Å². The minimum Gasteiger partial charge on any atom is -0.425 e. The van der Waals surface area contributed by atoms with Crippen LogP contribution in [-0.4, -0.2) is 161 Å². The summed E-state index contributed by atoms with van der Waals surface area (Å²) in [5, 5.41) is 0. The second kappa shape index (κ2) is 16.3. The molecule has 23 heteroatoms. The molecule has 3 saturated heterocycles. The van der Waals surface area contributed by atoms with Crippen LogP contribution in [0.1, 0.15) is 0 Å². The molecule has 11 nitrogen and oxygen atoms in total. The minimum atomic E-state index is -1.87. The maximum Gasteiger partial charge on any atom is 0.312 e. The highest BCUT2D eigenvalue weighted by molar-refractivity contribution is 7.02. The molecule has 0 radical (unpaired) electrons. The molecule has 3 aliphatic rings. The van der Waals surface area contributed by atoms with E-state index in [9.17, 15) is 0 Å². The van der Waals surface area contributed by atoms with E-state index in [0.717, 1.165) is 0 Å². The Balaban J connectivity index is 0.000000354. The Morgan fingerprint density at radius 3 is 0.915 bits per heavy atom. The fourth-order valence-corrected chi connectivity index (χ4v) is 79.4. The highest BCUT2D eigenvalue weighted by atomic mass is 28.5. The van der Waals surface area contributed by atoms with Crippen LogP contribution in [0.4, 0.5) is 0 Å². The van der Waals surface area contributed by atoms with Crippen LogP contribution < -0.4 is 0 Å². The van der Waals surface area contributed by atoms with Crippen molar-refractivity contribution in [3.8, 4) is 0 Å². The maximum absolute atomic E-state index is 6.37. The van der Waals surface area contributed by atoms with E-state index in [0.29, 0.717) is 0 Å². The van der Waals surface area contributed by atoms with E-state index in [1.165, 1.54) is 6.17 Å². The second-order valence-corrected chi connectivity index (χ2v) is 61.8. The standard InChI is InChI=1S/C9H28N2O2Si4.C8H26N2O2Si4.C7H23NO2Si4/c1-10(2)9-14-11-15(3,4)12-17(7,8)13-16(11,5)6;1-9(2)13-10-14(3,4)11-16(7,8)12-15(10,5)6;1-11-8-12(2,3)9-14(6,7)10-13(8,4)5/h9,14H2,1-8H3;13H2,1-8H3;11H2,1-7H3. The van der Waals surface area contributed by atoms with E-state index in [4.69, 9.17) is 24.7 Å². The Kier molecular flexibility index (Phi) is 16.3. The lowest BCUT2D eigenvalue weighted by atomic mass is 11.0. The first-order valence-corrected chi connectivity index (χ1v) is 47.9. The highest BCUT2D eigenvalue weighted by Crippen LogP contribution is 2.34. The lowest BCUT2D eigenvalue weighted by Gasteiger charge is -2.55. The summed E-state index contributed by atoms with van der Waals surface area (Å²) in [5.74, 6) is 0. The van der Waals surface area contributed by atoms with Crippen LogP contribution in [0.15, 0.2) is 0 Å². The summed E-state index contributed by atoms with van der Waals surface area (Å²) < 4.78 is 48.3. The average molecular weight is 869 g/mol. The van der Waals surface area contributed by atoms with Crippen LogP contribution in [0.25, 0.3) is 0 Å². The van der Waals surface area contributed by atoms with Crippen molar-refractivity contribution >= 4 is 106 Å². The van der Waals surface area contributed by atoms with Gasteiger partial charge in [0.2, 0.25) is 50.9 Å². The molecule has 0 aromatic rings. The van der Waals surface area contributed by atoms with Crippen molar-refractivity contribution in [1.82, 2.24) is 21.2 Å². The van der Waals surface area contributed by atoms with Crippen molar-refractivity contribution in [3.05, 3.63) is 0 Å². The first-order valence-electron chi connectivity index (χ1n) is 17.4. The van der Waals surface area contributed by atoms with Gasteiger partial charge in [0.05, 0.1) is 19.4 Å². The van der Waals surface area contributed by atoms with Crippen molar-refractivity contribution in [2.45, 2.75) is 124 Å². The van der Waals surface area contributed by atoms with Crippen LogP contribution in [0.2, 0.25) is 124 Å². The molecule has 0 N–H and O–H groups in total. The molecule has 0 bridgehead atoms. The average Bonchev–Trinajstić information content (AvgIpc) is 2.70. The van der Waals surface area contributed by atoms with E-state index in [1.807, 2.05) is 0 Å². The molecule has 47 heavy (non-hydrogen) atoms. The van der Waals surface area contributed by atoms with E-state index in [-0.39, 0.29) is 19.4 Å².